The van der Waals surface area contributed by atoms with Gasteiger partial charge >= 0.3 is 0 Å². The summed E-state index contributed by atoms with van der Waals surface area (Å²) >= 11 is 3.28. The van der Waals surface area contributed by atoms with Crippen LogP contribution in [0.3, 0.4) is 0 Å². The van der Waals surface area contributed by atoms with Crippen LogP contribution < -0.4 is 10.9 Å². The third kappa shape index (κ3) is 2.39. The van der Waals surface area contributed by atoms with Crippen LogP contribution in [-0.2, 0) is 0 Å². The molecule has 1 atom stereocenters. The number of nitrogens with one attached hydrogen (secondary N) is 2. The fourth-order valence-electron chi connectivity index (χ4n) is 2.08. The Morgan fingerprint density at radius 1 is 1.26 bits per heavy atom. The Labute approximate surface area is 119 Å². The molecule has 1 aromatic carbocycles. The first-order valence-corrected chi connectivity index (χ1v) is 6.71. The SMILES string of the molecule is Cc1ccc(O)c(C2=CC(c3ccc(Br)o3)NN2)c1. The summed E-state index contributed by atoms with van der Waals surface area (Å²) in [6.07, 6.45) is 1.99. The smallest absolute Gasteiger partial charge is 0.169 e. The molecule has 0 bridgehead atoms. The number of rotatable bonds is 2. The minimum Gasteiger partial charge on any atom is -0.507 e. The largest absolute Gasteiger partial charge is 0.507 e. The van der Waals surface area contributed by atoms with Crippen molar-refractivity contribution < 1.29 is 9.52 Å². The zero-order valence-corrected chi connectivity index (χ0v) is 11.9. The van der Waals surface area contributed by atoms with Crippen molar-refractivity contribution in [3.05, 3.63) is 58.0 Å². The van der Waals surface area contributed by atoms with Crippen molar-refractivity contribution >= 4 is 21.6 Å². The zero-order valence-electron chi connectivity index (χ0n) is 10.3. The first-order chi connectivity index (χ1) is 9.13. The van der Waals surface area contributed by atoms with Gasteiger partial charge in [-0.3, -0.25) is 0 Å². The van der Waals surface area contributed by atoms with Crippen molar-refractivity contribution in [1.82, 2.24) is 10.9 Å². The summed E-state index contributed by atoms with van der Waals surface area (Å²) in [7, 11) is 0. The van der Waals surface area contributed by atoms with E-state index in [2.05, 4.69) is 26.8 Å². The van der Waals surface area contributed by atoms with Crippen molar-refractivity contribution in [2.45, 2.75) is 13.0 Å². The molecule has 5 heteroatoms. The second-order valence-corrected chi connectivity index (χ2v) is 5.27. The van der Waals surface area contributed by atoms with E-state index in [1.165, 1.54) is 0 Å². The molecule has 1 aliphatic heterocycles. The van der Waals surface area contributed by atoms with Crippen LogP contribution in [0.25, 0.3) is 5.70 Å². The molecule has 2 aromatic rings. The van der Waals surface area contributed by atoms with Crippen molar-refractivity contribution in [3.63, 3.8) is 0 Å². The van der Waals surface area contributed by atoms with Crippen LogP contribution in [0.1, 0.15) is 22.9 Å². The molecule has 0 amide bonds. The number of hydrazine groups is 1. The molecule has 98 valence electrons. The second kappa shape index (κ2) is 4.75. The summed E-state index contributed by atoms with van der Waals surface area (Å²) in [6.45, 7) is 1.99. The average molecular weight is 321 g/mol. The number of benzene rings is 1. The molecule has 0 saturated heterocycles. The van der Waals surface area contributed by atoms with Gasteiger partial charge in [0.05, 0.1) is 5.70 Å². The maximum Gasteiger partial charge on any atom is 0.169 e. The Hall–Kier alpha value is -1.72. The van der Waals surface area contributed by atoms with Gasteiger partial charge in [-0.05, 0) is 53.2 Å². The third-order valence-electron chi connectivity index (χ3n) is 3.04. The van der Waals surface area contributed by atoms with Crippen molar-refractivity contribution in [3.8, 4) is 5.75 Å². The Kier molecular flexibility index (Phi) is 3.08. The van der Waals surface area contributed by atoms with Gasteiger partial charge in [-0.2, -0.15) is 0 Å². The molecule has 0 fully saturated rings. The molecule has 1 aliphatic rings. The highest BCUT2D eigenvalue weighted by Gasteiger charge is 2.21. The number of phenols is 1. The normalized spacial score (nSPS) is 18.2. The highest BCUT2D eigenvalue weighted by molar-refractivity contribution is 9.10. The molecule has 1 unspecified atom stereocenters. The molecule has 2 heterocycles. The Morgan fingerprint density at radius 3 is 2.84 bits per heavy atom. The molecule has 19 heavy (non-hydrogen) atoms. The number of halogens is 1. The van der Waals surface area contributed by atoms with Gasteiger partial charge in [0, 0.05) is 5.56 Å². The Morgan fingerprint density at radius 2 is 2.11 bits per heavy atom. The topological polar surface area (TPSA) is 57.4 Å². The number of hydrogen-bond donors (Lipinski definition) is 3. The molecule has 0 saturated carbocycles. The van der Waals surface area contributed by atoms with Crippen LogP contribution in [0.2, 0.25) is 0 Å². The summed E-state index contributed by atoms with van der Waals surface area (Å²) in [6, 6.07) is 9.22. The Bertz CT molecular complexity index is 649. The van der Waals surface area contributed by atoms with E-state index in [9.17, 15) is 5.11 Å². The van der Waals surface area contributed by atoms with E-state index in [4.69, 9.17) is 4.42 Å². The van der Waals surface area contributed by atoms with Gasteiger partial charge in [-0.25, -0.2) is 5.43 Å². The van der Waals surface area contributed by atoms with E-state index in [0.29, 0.717) is 4.67 Å². The maximum absolute atomic E-state index is 9.92. The predicted octanol–water partition coefficient (Wildman–Crippen LogP) is 3.25. The lowest BCUT2D eigenvalue weighted by molar-refractivity contribution is 0.439. The van der Waals surface area contributed by atoms with Crippen LogP contribution in [0.15, 0.2) is 45.5 Å². The number of furan rings is 1. The van der Waals surface area contributed by atoms with Crippen LogP contribution in [-0.4, -0.2) is 5.11 Å². The predicted molar refractivity (Wildman–Crippen MR) is 76.2 cm³/mol. The molecular weight excluding hydrogens is 308 g/mol. The van der Waals surface area contributed by atoms with E-state index in [1.54, 1.807) is 6.07 Å². The lowest BCUT2D eigenvalue weighted by Gasteiger charge is -2.08. The molecule has 0 spiro atoms. The summed E-state index contributed by atoms with van der Waals surface area (Å²) < 4.78 is 6.21. The summed E-state index contributed by atoms with van der Waals surface area (Å²) in [4.78, 5) is 0. The summed E-state index contributed by atoms with van der Waals surface area (Å²) in [5.41, 5.74) is 8.91. The summed E-state index contributed by atoms with van der Waals surface area (Å²) in [5.74, 6) is 1.06. The van der Waals surface area contributed by atoms with E-state index < -0.39 is 0 Å². The highest BCUT2D eigenvalue weighted by atomic mass is 79.9. The molecule has 3 rings (SSSR count). The third-order valence-corrected chi connectivity index (χ3v) is 3.46. The quantitative estimate of drug-likeness (QED) is 0.795. The first-order valence-electron chi connectivity index (χ1n) is 5.92. The minimum absolute atomic E-state index is 0.0544. The number of phenolic OH excluding ortho intramolecular Hbond substituents is 1. The van der Waals surface area contributed by atoms with E-state index in [0.717, 1.165) is 22.6 Å². The number of aromatic hydroxyl groups is 1. The Balaban J connectivity index is 1.93. The van der Waals surface area contributed by atoms with Crippen LogP contribution in [0, 0.1) is 6.92 Å². The fraction of sp³-hybridized carbons (Fsp3) is 0.143. The molecule has 0 aliphatic carbocycles. The first kappa shape index (κ1) is 12.3. The monoisotopic (exact) mass is 320 g/mol. The van der Waals surface area contributed by atoms with Gasteiger partial charge in [-0.1, -0.05) is 11.6 Å². The number of aryl methyl sites for hydroxylation is 1. The van der Waals surface area contributed by atoms with Crippen LogP contribution in [0.5, 0.6) is 5.75 Å². The molecule has 0 radical (unpaired) electrons. The van der Waals surface area contributed by atoms with Gasteiger partial charge in [-0.15, -0.1) is 0 Å². The van der Waals surface area contributed by atoms with Gasteiger partial charge < -0.3 is 14.9 Å². The van der Waals surface area contributed by atoms with E-state index in [1.807, 2.05) is 37.3 Å². The number of hydrogen-bond acceptors (Lipinski definition) is 4. The van der Waals surface area contributed by atoms with Gasteiger partial charge in [0.25, 0.3) is 0 Å². The van der Waals surface area contributed by atoms with Gasteiger partial charge in [0.2, 0.25) is 0 Å². The lowest BCUT2D eigenvalue weighted by Crippen LogP contribution is -2.26. The molecule has 3 N–H and O–H groups in total. The van der Waals surface area contributed by atoms with Gasteiger partial charge in [0.15, 0.2) is 4.67 Å². The minimum atomic E-state index is -0.0544. The van der Waals surface area contributed by atoms with Crippen molar-refractivity contribution in [2.75, 3.05) is 0 Å². The molecule has 1 aromatic heterocycles. The van der Waals surface area contributed by atoms with E-state index >= 15 is 0 Å². The second-order valence-electron chi connectivity index (χ2n) is 4.49. The van der Waals surface area contributed by atoms with Crippen molar-refractivity contribution in [2.24, 2.45) is 0 Å². The fourth-order valence-corrected chi connectivity index (χ4v) is 2.40. The van der Waals surface area contributed by atoms with Crippen LogP contribution >= 0.6 is 15.9 Å². The highest BCUT2D eigenvalue weighted by Crippen LogP contribution is 2.31. The average Bonchev–Trinajstić information content (AvgIpc) is 3.00. The van der Waals surface area contributed by atoms with Gasteiger partial charge in [0.1, 0.15) is 17.6 Å². The van der Waals surface area contributed by atoms with E-state index in [-0.39, 0.29) is 11.8 Å². The molecular formula is C14H13BrN2O2. The van der Waals surface area contributed by atoms with Crippen molar-refractivity contribution in [1.29, 1.82) is 0 Å². The van der Waals surface area contributed by atoms with Crippen LogP contribution in [0.4, 0.5) is 0 Å². The maximum atomic E-state index is 9.92. The lowest BCUT2D eigenvalue weighted by atomic mass is 10.1. The summed E-state index contributed by atoms with van der Waals surface area (Å²) in [5, 5.41) is 9.92. The zero-order chi connectivity index (χ0) is 13.4. The molecule has 4 nitrogen and oxygen atoms in total. The standard InChI is InChI=1S/C14H13BrN2O2/c1-8-2-3-12(18)9(6-8)10-7-11(17-16-10)13-4-5-14(15)19-13/h2-7,11,16-18H,1H3.